The third-order valence-electron chi connectivity index (χ3n) is 4.74. The lowest BCUT2D eigenvalue weighted by Crippen LogP contribution is -2.28. The Bertz CT molecular complexity index is 700. The molecule has 0 heterocycles. The SMILES string of the molecule is C=C(C)C(=O)NCCOCCOCCC(=O)NCCCNCc1ccc(N(C)CCCl)cc1. The number of carbonyl (C=O) groups is 2. The highest BCUT2D eigenvalue weighted by Gasteiger charge is 2.03. The maximum atomic E-state index is 11.8. The first-order chi connectivity index (χ1) is 15.9. The van der Waals surface area contributed by atoms with Crippen molar-refractivity contribution in [3.05, 3.63) is 42.0 Å². The van der Waals surface area contributed by atoms with Gasteiger partial charge in [-0.1, -0.05) is 18.7 Å². The Morgan fingerprint density at radius 1 is 1.00 bits per heavy atom. The second-order valence-electron chi connectivity index (χ2n) is 7.67. The van der Waals surface area contributed by atoms with Gasteiger partial charge in [-0.05, 0) is 37.6 Å². The zero-order valence-corrected chi connectivity index (χ0v) is 20.7. The summed E-state index contributed by atoms with van der Waals surface area (Å²) in [5.41, 5.74) is 2.85. The average molecular weight is 483 g/mol. The number of rotatable bonds is 19. The molecule has 0 aliphatic carbocycles. The molecule has 2 amide bonds. The lowest BCUT2D eigenvalue weighted by Gasteiger charge is -2.18. The summed E-state index contributed by atoms with van der Waals surface area (Å²) < 4.78 is 10.7. The van der Waals surface area contributed by atoms with Gasteiger partial charge in [-0.15, -0.1) is 11.6 Å². The van der Waals surface area contributed by atoms with Crippen molar-refractivity contribution in [2.24, 2.45) is 0 Å². The minimum Gasteiger partial charge on any atom is -0.379 e. The highest BCUT2D eigenvalue weighted by Crippen LogP contribution is 2.13. The number of benzene rings is 1. The van der Waals surface area contributed by atoms with Gasteiger partial charge in [-0.25, -0.2) is 0 Å². The van der Waals surface area contributed by atoms with Gasteiger partial charge in [0.15, 0.2) is 0 Å². The predicted molar refractivity (Wildman–Crippen MR) is 134 cm³/mol. The summed E-state index contributed by atoms with van der Waals surface area (Å²) in [6, 6.07) is 8.42. The highest BCUT2D eigenvalue weighted by molar-refractivity contribution is 6.18. The fraction of sp³-hybridized carbons (Fsp3) is 0.583. The molecule has 33 heavy (non-hydrogen) atoms. The number of ether oxygens (including phenoxy) is 2. The molecule has 0 bridgehead atoms. The van der Waals surface area contributed by atoms with Crippen LogP contribution in [-0.4, -0.2) is 77.3 Å². The van der Waals surface area contributed by atoms with E-state index >= 15 is 0 Å². The van der Waals surface area contributed by atoms with E-state index in [0.29, 0.717) is 57.4 Å². The average Bonchev–Trinajstić information content (AvgIpc) is 2.80. The number of nitrogens with zero attached hydrogens (tertiary/aromatic N) is 1. The molecule has 0 radical (unpaired) electrons. The minimum absolute atomic E-state index is 0.0184. The Morgan fingerprint density at radius 2 is 1.70 bits per heavy atom. The van der Waals surface area contributed by atoms with E-state index in [2.05, 4.69) is 51.7 Å². The van der Waals surface area contributed by atoms with E-state index in [-0.39, 0.29) is 11.8 Å². The summed E-state index contributed by atoms with van der Waals surface area (Å²) in [7, 11) is 2.03. The summed E-state index contributed by atoms with van der Waals surface area (Å²) in [5.74, 6) is 0.418. The van der Waals surface area contributed by atoms with Crippen LogP contribution in [0.4, 0.5) is 5.69 Å². The standard InChI is InChI=1S/C24H39ClN4O4/c1-20(2)24(31)28-13-16-33-18-17-32-15-9-23(30)27-12-4-11-26-19-21-5-7-22(8-6-21)29(3)14-10-25/h5-8,26H,1,4,9-19H2,2-3H3,(H,27,30)(H,28,31). The first-order valence-corrected chi connectivity index (χ1v) is 11.9. The fourth-order valence-corrected chi connectivity index (χ4v) is 3.01. The normalized spacial score (nSPS) is 10.6. The molecule has 8 nitrogen and oxygen atoms in total. The van der Waals surface area contributed by atoms with E-state index in [1.807, 2.05) is 7.05 Å². The van der Waals surface area contributed by atoms with Crippen molar-refractivity contribution in [3.63, 3.8) is 0 Å². The molecular weight excluding hydrogens is 444 g/mol. The van der Waals surface area contributed by atoms with Crippen LogP contribution in [0.5, 0.6) is 0 Å². The Morgan fingerprint density at radius 3 is 2.36 bits per heavy atom. The van der Waals surface area contributed by atoms with Crippen molar-refractivity contribution in [2.75, 3.05) is 70.4 Å². The molecule has 1 aromatic rings. The van der Waals surface area contributed by atoms with E-state index in [4.69, 9.17) is 21.1 Å². The molecule has 0 spiro atoms. The molecule has 3 N–H and O–H groups in total. The fourth-order valence-electron chi connectivity index (χ4n) is 2.76. The summed E-state index contributed by atoms with van der Waals surface area (Å²) in [6.07, 6.45) is 1.19. The van der Waals surface area contributed by atoms with Crippen molar-refractivity contribution < 1.29 is 19.1 Å². The van der Waals surface area contributed by atoms with Crippen molar-refractivity contribution in [1.82, 2.24) is 16.0 Å². The zero-order valence-electron chi connectivity index (χ0n) is 20.0. The van der Waals surface area contributed by atoms with Gasteiger partial charge < -0.3 is 30.3 Å². The highest BCUT2D eigenvalue weighted by atomic mass is 35.5. The molecule has 0 atom stereocenters. The van der Waals surface area contributed by atoms with E-state index in [1.165, 1.54) is 5.56 Å². The second kappa shape index (κ2) is 18.3. The molecule has 0 fully saturated rings. The summed E-state index contributed by atoms with van der Waals surface area (Å²) in [6.45, 7) is 10.3. The van der Waals surface area contributed by atoms with Crippen LogP contribution in [0.15, 0.2) is 36.4 Å². The van der Waals surface area contributed by atoms with Gasteiger partial charge in [0, 0.05) is 56.8 Å². The number of amides is 2. The first kappa shape index (κ1) is 28.9. The van der Waals surface area contributed by atoms with Crippen LogP contribution >= 0.6 is 11.6 Å². The molecular formula is C24H39ClN4O4. The third kappa shape index (κ3) is 14.6. The largest absolute Gasteiger partial charge is 0.379 e. The molecule has 0 saturated carbocycles. The number of nitrogens with one attached hydrogen (secondary N) is 3. The van der Waals surface area contributed by atoms with Gasteiger partial charge in [0.05, 0.1) is 26.4 Å². The third-order valence-corrected chi connectivity index (χ3v) is 4.91. The van der Waals surface area contributed by atoms with E-state index in [1.54, 1.807) is 6.92 Å². The van der Waals surface area contributed by atoms with Crippen molar-refractivity contribution in [3.8, 4) is 0 Å². The maximum absolute atomic E-state index is 11.8. The topological polar surface area (TPSA) is 91.9 Å². The monoisotopic (exact) mass is 482 g/mol. The minimum atomic E-state index is -0.173. The second-order valence-corrected chi connectivity index (χ2v) is 8.05. The van der Waals surface area contributed by atoms with Crippen LogP contribution in [0.1, 0.15) is 25.3 Å². The molecule has 0 aliphatic heterocycles. The lowest BCUT2D eigenvalue weighted by molar-refractivity contribution is -0.122. The molecule has 186 valence electrons. The lowest BCUT2D eigenvalue weighted by atomic mass is 10.2. The molecule has 1 rings (SSSR count). The number of anilines is 1. The number of halogens is 1. The van der Waals surface area contributed by atoms with E-state index in [0.717, 1.165) is 31.7 Å². The predicted octanol–water partition coefficient (Wildman–Crippen LogP) is 2.07. The molecule has 0 unspecified atom stereocenters. The van der Waals surface area contributed by atoms with Crippen molar-refractivity contribution in [2.45, 2.75) is 26.3 Å². The zero-order chi connectivity index (χ0) is 24.3. The maximum Gasteiger partial charge on any atom is 0.246 e. The van der Waals surface area contributed by atoms with Gasteiger partial charge in [-0.3, -0.25) is 9.59 Å². The van der Waals surface area contributed by atoms with Crippen LogP contribution in [0.25, 0.3) is 0 Å². The molecule has 0 aromatic heterocycles. The van der Waals surface area contributed by atoms with Gasteiger partial charge in [0.1, 0.15) is 0 Å². The first-order valence-electron chi connectivity index (χ1n) is 11.4. The van der Waals surface area contributed by atoms with Crippen LogP contribution in [0, 0.1) is 0 Å². The summed E-state index contributed by atoms with van der Waals surface area (Å²) >= 11 is 5.78. The van der Waals surface area contributed by atoms with Gasteiger partial charge in [0.25, 0.3) is 0 Å². The quantitative estimate of drug-likeness (QED) is 0.159. The molecule has 0 aliphatic rings. The summed E-state index contributed by atoms with van der Waals surface area (Å²) in [4.78, 5) is 25.2. The number of alkyl halides is 1. The van der Waals surface area contributed by atoms with E-state index < -0.39 is 0 Å². The van der Waals surface area contributed by atoms with Crippen LogP contribution < -0.4 is 20.9 Å². The summed E-state index contributed by atoms with van der Waals surface area (Å²) in [5, 5.41) is 8.97. The molecule has 9 heteroatoms. The number of carbonyl (C=O) groups excluding carboxylic acids is 2. The Hall–Kier alpha value is -2.13. The van der Waals surface area contributed by atoms with E-state index in [9.17, 15) is 9.59 Å². The smallest absolute Gasteiger partial charge is 0.246 e. The number of hydrogen-bond acceptors (Lipinski definition) is 6. The van der Waals surface area contributed by atoms with Crippen LogP contribution in [0.3, 0.4) is 0 Å². The van der Waals surface area contributed by atoms with Crippen LogP contribution in [0.2, 0.25) is 0 Å². The molecule has 0 saturated heterocycles. The van der Waals surface area contributed by atoms with Crippen LogP contribution in [-0.2, 0) is 25.6 Å². The van der Waals surface area contributed by atoms with Crippen molar-refractivity contribution >= 4 is 29.1 Å². The Kier molecular flexibility index (Phi) is 16.0. The Balaban J connectivity index is 1.93. The molecule has 1 aromatic carbocycles. The van der Waals surface area contributed by atoms with Crippen molar-refractivity contribution in [1.29, 1.82) is 0 Å². The van der Waals surface area contributed by atoms with Gasteiger partial charge >= 0.3 is 0 Å². The number of hydrogen-bond donors (Lipinski definition) is 3. The Labute approximate surface area is 203 Å². The van der Waals surface area contributed by atoms with Gasteiger partial charge in [-0.2, -0.15) is 0 Å². The van der Waals surface area contributed by atoms with Gasteiger partial charge in [0.2, 0.25) is 11.8 Å².